The third-order valence-corrected chi connectivity index (χ3v) is 6.34. The van der Waals surface area contributed by atoms with Gasteiger partial charge in [0, 0.05) is 6.42 Å². The molecule has 25 heavy (non-hydrogen) atoms. The van der Waals surface area contributed by atoms with E-state index in [9.17, 15) is 8.42 Å². The zero-order valence-corrected chi connectivity index (χ0v) is 14.6. The van der Waals surface area contributed by atoms with Crippen LogP contribution in [0.1, 0.15) is 18.7 Å². The molecule has 1 saturated heterocycles. The molecule has 0 bridgehead atoms. The second kappa shape index (κ2) is 6.18. The minimum atomic E-state index is -2.95. The molecule has 0 N–H and O–H groups in total. The zero-order chi connectivity index (χ0) is 17.4. The monoisotopic (exact) mass is 362 g/mol. The lowest BCUT2D eigenvalue weighted by Crippen LogP contribution is -2.26. The quantitative estimate of drug-likeness (QED) is 0.704. The Balaban J connectivity index is 1.61. The summed E-state index contributed by atoms with van der Waals surface area (Å²) < 4.78 is 40.1. The van der Waals surface area contributed by atoms with Gasteiger partial charge in [-0.05, 0) is 30.9 Å². The number of hydrogen-bond acceptors (Lipinski definition) is 7. The normalized spacial score (nSPS) is 20.0. The number of fused-ring (bicyclic) bond motifs is 1. The molecule has 8 heteroatoms. The van der Waals surface area contributed by atoms with E-state index in [1.165, 1.54) is 0 Å². The smallest absolute Gasteiger partial charge is 0.242 e. The Morgan fingerprint density at radius 3 is 2.96 bits per heavy atom. The van der Waals surface area contributed by atoms with E-state index in [0.717, 1.165) is 11.8 Å². The Bertz CT molecular complexity index is 1010. The van der Waals surface area contributed by atoms with Gasteiger partial charge < -0.3 is 13.7 Å². The lowest BCUT2D eigenvalue weighted by molar-refractivity contribution is 0.349. The number of nitrogens with zero attached hydrogens (tertiary/aromatic N) is 2. The summed E-state index contributed by atoms with van der Waals surface area (Å²) in [5, 5.41) is 4.82. The molecule has 1 aliphatic rings. The average Bonchev–Trinajstić information content (AvgIpc) is 3.17. The van der Waals surface area contributed by atoms with Gasteiger partial charge in [-0.2, -0.15) is 4.98 Å². The van der Waals surface area contributed by atoms with E-state index in [-0.39, 0.29) is 17.4 Å². The van der Waals surface area contributed by atoms with E-state index < -0.39 is 9.84 Å². The van der Waals surface area contributed by atoms with Crippen molar-refractivity contribution in [2.75, 3.05) is 18.6 Å². The molecule has 0 amide bonds. The fourth-order valence-electron chi connectivity index (χ4n) is 3.33. The fourth-order valence-corrected chi connectivity index (χ4v) is 5.10. The van der Waals surface area contributed by atoms with Crippen LogP contribution in [0.5, 0.6) is 5.75 Å². The molecular weight excluding hydrogens is 344 g/mol. The molecule has 0 saturated carbocycles. The van der Waals surface area contributed by atoms with Crippen LogP contribution in [0, 0.1) is 5.92 Å². The predicted octanol–water partition coefficient (Wildman–Crippen LogP) is 2.86. The van der Waals surface area contributed by atoms with Crippen molar-refractivity contribution in [2.24, 2.45) is 5.92 Å². The summed E-state index contributed by atoms with van der Waals surface area (Å²) >= 11 is 0. The van der Waals surface area contributed by atoms with Crippen molar-refractivity contribution >= 4 is 20.8 Å². The third kappa shape index (κ3) is 3.13. The van der Waals surface area contributed by atoms with Crippen LogP contribution in [0.3, 0.4) is 0 Å². The van der Waals surface area contributed by atoms with E-state index in [2.05, 4.69) is 10.1 Å². The van der Waals surface area contributed by atoms with Gasteiger partial charge in [0.2, 0.25) is 17.5 Å². The van der Waals surface area contributed by atoms with E-state index in [0.29, 0.717) is 41.6 Å². The minimum absolute atomic E-state index is 0.0182. The molecule has 1 fully saturated rings. The van der Waals surface area contributed by atoms with Crippen molar-refractivity contribution < 1.29 is 22.1 Å². The summed E-state index contributed by atoms with van der Waals surface area (Å²) in [4.78, 5) is 4.38. The Labute approximate surface area is 144 Å². The molecule has 0 aliphatic carbocycles. The van der Waals surface area contributed by atoms with Crippen molar-refractivity contribution in [2.45, 2.75) is 19.3 Å². The molecule has 4 rings (SSSR count). The first-order valence-electron chi connectivity index (χ1n) is 8.14. The van der Waals surface area contributed by atoms with E-state index in [1.807, 2.05) is 24.3 Å². The van der Waals surface area contributed by atoms with Crippen LogP contribution < -0.4 is 4.74 Å². The molecule has 0 radical (unpaired) electrons. The number of aromatic nitrogens is 2. The van der Waals surface area contributed by atoms with E-state index >= 15 is 0 Å². The Kier molecular flexibility index (Phi) is 3.99. The van der Waals surface area contributed by atoms with Crippen LogP contribution >= 0.6 is 0 Å². The molecule has 0 spiro atoms. The van der Waals surface area contributed by atoms with Gasteiger partial charge in [-0.15, -0.1) is 0 Å². The molecular formula is C17H18N2O5S. The van der Waals surface area contributed by atoms with Gasteiger partial charge in [0.1, 0.15) is 5.58 Å². The van der Waals surface area contributed by atoms with Crippen LogP contribution in [0.4, 0.5) is 0 Å². The van der Waals surface area contributed by atoms with Gasteiger partial charge in [-0.3, -0.25) is 0 Å². The highest BCUT2D eigenvalue weighted by molar-refractivity contribution is 7.91. The molecule has 1 unspecified atom stereocenters. The number of hydrogen-bond donors (Lipinski definition) is 0. The van der Waals surface area contributed by atoms with Crippen molar-refractivity contribution in [3.8, 4) is 17.3 Å². The summed E-state index contributed by atoms with van der Waals surface area (Å²) in [5.74, 6) is 2.16. The number of sulfone groups is 1. The Hall–Kier alpha value is -2.35. The molecule has 1 aromatic carbocycles. The second-order valence-corrected chi connectivity index (χ2v) is 8.53. The minimum Gasteiger partial charge on any atom is -0.492 e. The lowest BCUT2D eigenvalue weighted by Gasteiger charge is -2.19. The summed E-state index contributed by atoms with van der Waals surface area (Å²) in [5.41, 5.74) is 0.680. The van der Waals surface area contributed by atoms with Gasteiger partial charge >= 0.3 is 0 Å². The highest BCUT2D eigenvalue weighted by Gasteiger charge is 2.27. The van der Waals surface area contributed by atoms with Crippen LogP contribution in [-0.4, -0.2) is 37.2 Å². The lowest BCUT2D eigenvalue weighted by atomic mass is 10.0. The standard InChI is InChI=1S/C17H18N2O5S/c1-22-15-12-6-2-3-7-13(12)23-16(15)17-18-14(24-19-17)9-11-5-4-8-25(20,21)10-11/h2-3,6-7,11H,4-5,8-10H2,1H3. The number of ether oxygens (including phenoxy) is 1. The van der Waals surface area contributed by atoms with Crippen LogP contribution in [-0.2, 0) is 16.3 Å². The topological polar surface area (TPSA) is 95.4 Å². The number of para-hydroxylation sites is 1. The van der Waals surface area contributed by atoms with Gasteiger partial charge in [-0.25, -0.2) is 8.42 Å². The first-order valence-corrected chi connectivity index (χ1v) is 9.97. The van der Waals surface area contributed by atoms with Crippen LogP contribution in [0.25, 0.3) is 22.6 Å². The fraction of sp³-hybridized carbons (Fsp3) is 0.412. The van der Waals surface area contributed by atoms with Crippen molar-refractivity contribution in [3.05, 3.63) is 30.2 Å². The molecule has 1 atom stereocenters. The average molecular weight is 362 g/mol. The van der Waals surface area contributed by atoms with Crippen molar-refractivity contribution in [1.82, 2.24) is 10.1 Å². The highest BCUT2D eigenvalue weighted by atomic mass is 32.2. The maximum atomic E-state index is 11.8. The van der Waals surface area contributed by atoms with Gasteiger partial charge in [0.25, 0.3) is 0 Å². The third-order valence-electron chi connectivity index (χ3n) is 4.45. The van der Waals surface area contributed by atoms with Crippen LogP contribution in [0.15, 0.2) is 33.2 Å². The predicted molar refractivity (Wildman–Crippen MR) is 91.1 cm³/mol. The SMILES string of the molecule is COc1c(-c2noc(CC3CCCS(=O)(=O)C3)n2)oc2ccccc12. The molecule has 7 nitrogen and oxygen atoms in total. The second-order valence-electron chi connectivity index (χ2n) is 6.30. The first kappa shape index (κ1) is 16.1. The van der Waals surface area contributed by atoms with Crippen LogP contribution in [0.2, 0.25) is 0 Å². The number of rotatable bonds is 4. The maximum Gasteiger partial charge on any atom is 0.242 e. The Morgan fingerprint density at radius 2 is 2.16 bits per heavy atom. The molecule has 3 heterocycles. The van der Waals surface area contributed by atoms with Crippen molar-refractivity contribution in [1.29, 1.82) is 0 Å². The largest absolute Gasteiger partial charge is 0.492 e. The molecule has 3 aromatic rings. The molecule has 1 aliphatic heterocycles. The number of benzene rings is 1. The van der Waals surface area contributed by atoms with E-state index in [4.69, 9.17) is 13.7 Å². The van der Waals surface area contributed by atoms with Gasteiger partial charge in [-0.1, -0.05) is 17.3 Å². The molecule has 132 valence electrons. The highest BCUT2D eigenvalue weighted by Crippen LogP contribution is 2.38. The van der Waals surface area contributed by atoms with E-state index in [1.54, 1.807) is 7.11 Å². The first-order chi connectivity index (χ1) is 12.1. The van der Waals surface area contributed by atoms with Crippen molar-refractivity contribution in [3.63, 3.8) is 0 Å². The number of furan rings is 1. The summed E-state index contributed by atoms with van der Waals surface area (Å²) in [6.45, 7) is 0. The van der Waals surface area contributed by atoms with Gasteiger partial charge in [0.15, 0.2) is 15.6 Å². The van der Waals surface area contributed by atoms with Gasteiger partial charge in [0.05, 0.1) is 24.0 Å². The zero-order valence-electron chi connectivity index (χ0n) is 13.8. The maximum absolute atomic E-state index is 11.8. The molecule has 2 aromatic heterocycles. The summed E-state index contributed by atoms with van der Waals surface area (Å²) in [6, 6.07) is 7.51. The Morgan fingerprint density at radius 1 is 1.32 bits per heavy atom. The summed E-state index contributed by atoms with van der Waals surface area (Å²) in [6.07, 6.45) is 1.99. The summed E-state index contributed by atoms with van der Waals surface area (Å²) in [7, 11) is -1.39. The number of methoxy groups -OCH3 is 1.